The number of aliphatic imine (C=N–C) groups is 1. The Bertz CT molecular complexity index is 656. The molecule has 0 saturated carbocycles. The van der Waals surface area contributed by atoms with Crippen molar-refractivity contribution in [2.45, 2.75) is 32.4 Å². The fraction of sp³-hybridized carbons (Fsp3) is 0.667. The number of hydrogen-bond donors (Lipinski definition) is 2. The molecule has 0 aliphatic carbocycles. The summed E-state index contributed by atoms with van der Waals surface area (Å²) in [6.07, 6.45) is 1.22. The van der Waals surface area contributed by atoms with Crippen LogP contribution in [0.3, 0.4) is 0 Å². The standard InChI is InChI=1S/C21H34N4O2S/c1-4-27-19-13-17(2)5-6-18(19)14-23-20(22-3)24-15-21(7-12-28-16-21)25-8-10-26-11-9-25/h5-6,13H,4,7-12,14-16H2,1-3H3,(H2,22,23,24). The van der Waals surface area contributed by atoms with Crippen LogP contribution in [-0.2, 0) is 11.3 Å². The fourth-order valence-electron chi connectivity index (χ4n) is 3.88. The highest BCUT2D eigenvalue weighted by Crippen LogP contribution is 2.33. The van der Waals surface area contributed by atoms with E-state index >= 15 is 0 Å². The van der Waals surface area contributed by atoms with Crippen molar-refractivity contribution in [1.82, 2.24) is 15.5 Å². The molecule has 2 aliphatic heterocycles. The van der Waals surface area contributed by atoms with Crippen LogP contribution in [0.5, 0.6) is 5.75 Å². The lowest BCUT2D eigenvalue weighted by Crippen LogP contribution is -2.60. The van der Waals surface area contributed by atoms with Crippen molar-refractivity contribution < 1.29 is 9.47 Å². The lowest BCUT2D eigenvalue weighted by atomic mass is 9.95. The minimum Gasteiger partial charge on any atom is -0.494 e. The molecule has 1 unspecified atom stereocenters. The van der Waals surface area contributed by atoms with Crippen LogP contribution >= 0.6 is 11.8 Å². The van der Waals surface area contributed by atoms with Gasteiger partial charge in [-0.3, -0.25) is 9.89 Å². The molecule has 2 fully saturated rings. The number of nitrogens with one attached hydrogen (secondary N) is 2. The third kappa shape index (κ3) is 5.33. The lowest BCUT2D eigenvalue weighted by Gasteiger charge is -2.43. The number of benzene rings is 1. The molecular formula is C21H34N4O2S. The molecule has 1 aromatic carbocycles. The number of hydrogen-bond acceptors (Lipinski definition) is 5. The molecule has 1 atom stereocenters. The van der Waals surface area contributed by atoms with E-state index in [0.717, 1.165) is 50.1 Å². The number of rotatable bonds is 7. The molecule has 0 aromatic heterocycles. The summed E-state index contributed by atoms with van der Waals surface area (Å²) in [7, 11) is 1.83. The molecule has 0 amide bonds. The Kier molecular flexibility index (Phi) is 7.88. The zero-order valence-electron chi connectivity index (χ0n) is 17.4. The molecule has 0 radical (unpaired) electrons. The molecule has 0 spiro atoms. The smallest absolute Gasteiger partial charge is 0.191 e. The second kappa shape index (κ2) is 10.4. The molecule has 7 heteroatoms. The van der Waals surface area contributed by atoms with Crippen LogP contribution in [-0.4, -0.2) is 74.4 Å². The van der Waals surface area contributed by atoms with Gasteiger partial charge in [-0.2, -0.15) is 11.8 Å². The van der Waals surface area contributed by atoms with Crippen molar-refractivity contribution in [2.75, 3.05) is 58.0 Å². The van der Waals surface area contributed by atoms with E-state index < -0.39 is 0 Å². The monoisotopic (exact) mass is 406 g/mol. The zero-order valence-corrected chi connectivity index (χ0v) is 18.2. The Hall–Kier alpha value is -1.44. The summed E-state index contributed by atoms with van der Waals surface area (Å²) in [5.41, 5.74) is 2.56. The van der Waals surface area contributed by atoms with Gasteiger partial charge in [0, 0.05) is 50.1 Å². The van der Waals surface area contributed by atoms with E-state index in [1.165, 1.54) is 23.5 Å². The molecule has 3 rings (SSSR count). The first-order valence-corrected chi connectivity index (χ1v) is 11.4. The van der Waals surface area contributed by atoms with Crippen LogP contribution < -0.4 is 15.4 Å². The Balaban J connectivity index is 1.58. The largest absolute Gasteiger partial charge is 0.494 e. The van der Waals surface area contributed by atoms with Crippen molar-refractivity contribution in [3.8, 4) is 5.75 Å². The molecule has 1 aromatic rings. The van der Waals surface area contributed by atoms with Gasteiger partial charge in [-0.1, -0.05) is 12.1 Å². The van der Waals surface area contributed by atoms with Gasteiger partial charge in [0.1, 0.15) is 5.75 Å². The first kappa shape index (κ1) is 21.3. The summed E-state index contributed by atoms with van der Waals surface area (Å²) < 4.78 is 11.4. The molecule has 2 saturated heterocycles. The van der Waals surface area contributed by atoms with E-state index in [1.54, 1.807) is 0 Å². The van der Waals surface area contributed by atoms with E-state index in [-0.39, 0.29) is 5.54 Å². The van der Waals surface area contributed by atoms with Gasteiger partial charge in [-0.25, -0.2) is 0 Å². The number of aryl methyl sites for hydroxylation is 1. The fourth-order valence-corrected chi connectivity index (χ4v) is 5.36. The SMILES string of the molecule is CCOc1cc(C)ccc1CNC(=NC)NCC1(N2CCOCC2)CCSC1. The van der Waals surface area contributed by atoms with Gasteiger partial charge in [0.15, 0.2) is 5.96 Å². The molecule has 156 valence electrons. The van der Waals surface area contributed by atoms with Crippen LogP contribution in [0, 0.1) is 6.92 Å². The summed E-state index contributed by atoms with van der Waals surface area (Å²) in [5.74, 6) is 4.19. The van der Waals surface area contributed by atoms with E-state index in [1.807, 2.05) is 14.0 Å². The van der Waals surface area contributed by atoms with Crippen molar-refractivity contribution >= 4 is 17.7 Å². The number of nitrogens with zero attached hydrogens (tertiary/aromatic N) is 2. The topological polar surface area (TPSA) is 58.1 Å². The third-order valence-electron chi connectivity index (χ3n) is 5.54. The van der Waals surface area contributed by atoms with Crippen LogP contribution in [0.4, 0.5) is 0 Å². The predicted molar refractivity (Wildman–Crippen MR) is 118 cm³/mol. The van der Waals surface area contributed by atoms with Gasteiger partial charge >= 0.3 is 0 Å². The normalized spacial score (nSPS) is 23.6. The van der Waals surface area contributed by atoms with Crippen molar-refractivity contribution in [2.24, 2.45) is 4.99 Å². The molecular weight excluding hydrogens is 372 g/mol. The maximum atomic E-state index is 5.80. The summed E-state index contributed by atoms with van der Waals surface area (Å²) in [5, 5.41) is 7.04. The zero-order chi connectivity index (χ0) is 19.8. The molecule has 0 bridgehead atoms. The van der Waals surface area contributed by atoms with E-state index in [9.17, 15) is 0 Å². The number of guanidine groups is 1. The summed E-state index contributed by atoms with van der Waals surface area (Å²) >= 11 is 2.05. The number of ether oxygens (including phenoxy) is 2. The van der Waals surface area contributed by atoms with Gasteiger partial charge < -0.3 is 20.1 Å². The van der Waals surface area contributed by atoms with Crippen molar-refractivity contribution in [3.63, 3.8) is 0 Å². The highest BCUT2D eigenvalue weighted by atomic mass is 32.2. The minimum atomic E-state index is 0.201. The minimum absolute atomic E-state index is 0.201. The molecule has 2 aliphatic rings. The second-order valence-corrected chi connectivity index (χ2v) is 8.56. The van der Waals surface area contributed by atoms with Crippen LogP contribution in [0.2, 0.25) is 0 Å². The molecule has 2 N–H and O–H groups in total. The molecule has 6 nitrogen and oxygen atoms in total. The van der Waals surface area contributed by atoms with Gasteiger partial charge in [-0.05, 0) is 37.7 Å². The first-order chi connectivity index (χ1) is 13.7. The highest BCUT2D eigenvalue weighted by molar-refractivity contribution is 7.99. The van der Waals surface area contributed by atoms with Crippen molar-refractivity contribution in [3.05, 3.63) is 29.3 Å². The van der Waals surface area contributed by atoms with Gasteiger partial charge in [0.25, 0.3) is 0 Å². The summed E-state index contributed by atoms with van der Waals surface area (Å²) in [6, 6.07) is 6.35. The van der Waals surface area contributed by atoms with Crippen LogP contribution in [0.1, 0.15) is 24.5 Å². The molecule has 2 heterocycles. The van der Waals surface area contributed by atoms with E-state index in [2.05, 4.69) is 57.4 Å². The van der Waals surface area contributed by atoms with Gasteiger partial charge in [0.05, 0.1) is 19.8 Å². The highest BCUT2D eigenvalue weighted by Gasteiger charge is 2.40. The Morgan fingerprint density at radius 1 is 1.32 bits per heavy atom. The average molecular weight is 407 g/mol. The van der Waals surface area contributed by atoms with E-state index in [4.69, 9.17) is 9.47 Å². The predicted octanol–water partition coefficient (Wildman–Crippen LogP) is 2.27. The van der Waals surface area contributed by atoms with Gasteiger partial charge in [0.2, 0.25) is 0 Å². The van der Waals surface area contributed by atoms with Crippen LogP contribution in [0.15, 0.2) is 23.2 Å². The average Bonchev–Trinajstić information content (AvgIpc) is 3.20. The lowest BCUT2D eigenvalue weighted by molar-refractivity contribution is -0.0120. The second-order valence-electron chi connectivity index (χ2n) is 7.45. The maximum absolute atomic E-state index is 5.80. The molecule has 28 heavy (non-hydrogen) atoms. The Morgan fingerprint density at radius 3 is 2.82 bits per heavy atom. The maximum Gasteiger partial charge on any atom is 0.191 e. The van der Waals surface area contributed by atoms with Crippen molar-refractivity contribution in [1.29, 1.82) is 0 Å². The van der Waals surface area contributed by atoms with Crippen LogP contribution in [0.25, 0.3) is 0 Å². The summed E-state index contributed by atoms with van der Waals surface area (Å²) in [6.45, 7) is 10.1. The van der Waals surface area contributed by atoms with E-state index in [0.29, 0.717) is 13.2 Å². The number of thioether (sulfide) groups is 1. The van der Waals surface area contributed by atoms with Gasteiger partial charge in [-0.15, -0.1) is 0 Å². The first-order valence-electron chi connectivity index (χ1n) is 10.2. The quantitative estimate of drug-likeness (QED) is 0.535. The Morgan fingerprint density at radius 2 is 2.14 bits per heavy atom. The number of morpholine rings is 1. The summed E-state index contributed by atoms with van der Waals surface area (Å²) in [4.78, 5) is 7.05. The Labute approximate surface area is 173 Å². The third-order valence-corrected chi connectivity index (χ3v) is 6.78.